The fraction of sp³-hybridized carbons (Fsp3) is 0.429. The number of amides is 2. The molecule has 0 saturated carbocycles. The molecule has 0 unspecified atom stereocenters. The molecular formula is C14H16BrFN2O2. The zero-order valence-electron chi connectivity index (χ0n) is 11.2. The third-order valence-corrected chi connectivity index (χ3v) is 4.04. The molecule has 1 saturated heterocycles. The summed E-state index contributed by atoms with van der Waals surface area (Å²) < 4.78 is 13.8. The van der Waals surface area contributed by atoms with Crippen molar-refractivity contribution >= 4 is 27.7 Å². The second kappa shape index (κ2) is 6.35. The van der Waals surface area contributed by atoms with Gasteiger partial charge >= 0.3 is 0 Å². The van der Waals surface area contributed by atoms with Gasteiger partial charge in [-0.25, -0.2) is 4.39 Å². The fourth-order valence-corrected chi connectivity index (χ4v) is 2.76. The van der Waals surface area contributed by atoms with E-state index in [0.29, 0.717) is 23.1 Å². The lowest BCUT2D eigenvalue weighted by Gasteiger charge is -2.32. The number of rotatable bonds is 2. The van der Waals surface area contributed by atoms with Crippen LogP contribution in [-0.2, 0) is 4.79 Å². The molecule has 1 N–H and O–H groups in total. The molecular weight excluding hydrogens is 327 g/mol. The molecule has 0 aliphatic carbocycles. The van der Waals surface area contributed by atoms with Crippen LogP contribution in [0.5, 0.6) is 0 Å². The molecule has 108 valence electrons. The van der Waals surface area contributed by atoms with E-state index in [1.807, 2.05) is 0 Å². The second-order valence-corrected chi connectivity index (χ2v) is 5.75. The molecule has 1 fully saturated rings. The van der Waals surface area contributed by atoms with Gasteiger partial charge in [0, 0.05) is 30.5 Å². The van der Waals surface area contributed by atoms with Crippen molar-refractivity contribution in [3.05, 3.63) is 34.1 Å². The van der Waals surface area contributed by atoms with Crippen LogP contribution in [0.15, 0.2) is 22.7 Å². The number of nitrogens with zero attached hydrogens (tertiary/aromatic N) is 1. The minimum absolute atomic E-state index is 0.0531. The molecule has 1 aromatic rings. The molecule has 0 aromatic heterocycles. The molecule has 2 amide bonds. The van der Waals surface area contributed by atoms with E-state index >= 15 is 0 Å². The zero-order valence-corrected chi connectivity index (χ0v) is 12.7. The number of hydrogen-bond acceptors (Lipinski definition) is 2. The first-order chi connectivity index (χ1) is 9.47. The first-order valence-corrected chi connectivity index (χ1v) is 7.28. The number of nitrogens with one attached hydrogen (secondary N) is 1. The van der Waals surface area contributed by atoms with Crippen molar-refractivity contribution in [2.24, 2.45) is 0 Å². The summed E-state index contributed by atoms with van der Waals surface area (Å²) in [7, 11) is 0. The Morgan fingerprint density at radius 2 is 2.00 bits per heavy atom. The molecule has 4 nitrogen and oxygen atoms in total. The van der Waals surface area contributed by atoms with Gasteiger partial charge in [0.15, 0.2) is 0 Å². The summed E-state index contributed by atoms with van der Waals surface area (Å²) >= 11 is 3.27. The van der Waals surface area contributed by atoms with Crippen LogP contribution in [0.25, 0.3) is 0 Å². The molecule has 0 radical (unpaired) electrons. The van der Waals surface area contributed by atoms with Gasteiger partial charge in [0.25, 0.3) is 5.91 Å². The molecule has 0 atom stereocenters. The van der Waals surface area contributed by atoms with Gasteiger partial charge in [-0.3, -0.25) is 9.59 Å². The van der Waals surface area contributed by atoms with Crippen molar-refractivity contribution in [2.45, 2.75) is 25.8 Å². The topological polar surface area (TPSA) is 49.4 Å². The maximum atomic E-state index is 13.2. The van der Waals surface area contributed by atoms with Crippen molar-refractivity contribution in [3.8, 4) is 0 Å². The number of piperidine rings is 1. The smallest absolute Gasteiger partial charge is 0.255 e. The highest BCUT2D eigenvalue weighted by Gasteiger charge is 2.25. The molecule has 1 aromatic carbocycles. The van der Waals surface area contributed by atoms with Crippen LogP contribution in [-0.4, -0.2) is 35.8 Å². The van der Waals surface area contributed by atoms with Crippen molar-refractivity contribution < 1.29 is 14.0 Å². The van der Waals surface area contributed by atoms with Crippen LogP contribution in [0.4, 0.5) is 4.39 Å². The standard InChI is InChI=1S/C14H16BrFN2O2/c1-9(19)17-11-4-6-18(7-5-11)14(20)12-8-10(16)2-3-13(12)15/h2-3,8,11H,4-7H2,1H3,(H,17,19). The number of likely N-dealkylation sites (tertiary alicyclic amines) is 1. The number of hydrogen-bond donors (Lipinski definition) is 1. The highest BCUT2D eigenvalue weighted by atomic mass is 79.9. The minimum atomic E-state index is -0.426. The van der Waals surface area contributed by atoms with E-state index < -0.39 is 5.82 Å². The Labute approximate surface area is 125 Å². The van der Waals surface area contributed by atoms with E-state index in [1.165, 1.54) is 25.1 Å². The van der Waals surface area contributed by atoms with E-state index in [1.54, 1.807) is 4.90 Å². The first kappa shape index (κ1) is 15.0. The number of halogens is 2. The van der Waals surface area contributed by atoms with Gasteiger partial charge in [0.1, 0.15) is 5.82 Å². The molecule has 2 rings (SSSR count). The van der Waals surface area contributed by atoms with E-state index in [0.717, 1.165) is 12.8 Å². The predicted octanol–water partition coefficient (Wildman–Crippen LogP) is 2.33. The Kier molecular flexibility index (Phi) is 4.75. The van der Waals surface area contributed by atoms with E-state index in [4.69, 9.17) is 0 Å². The molecule has 0 bridgehead atoms. The van der Waals surface area contributed by atoms with Crippen molar-refractivity contribution in [3.63, 3.8) is 0 Å². The minimum Gasteiger partial charge on any atom is -0.353 e. The number of carbonyl (C=O) groups is 2. The summed E-state index contributed by atoms with van der Waals surface area (Å²) in [5.74, 6) is -0.662. The van der Waals surface area contributed by atoms with Crippen LogP contribution >= 0.6 is 15.9 Å². The predicted molar refractivity (Wildman–Crippen MR) is 76.8 cm³/mol. The molecule has 1 heterocycles. The summed E-state index contributed by atoms with van der Waals surface area (Å²) in [4.78, 5) is 25.0. The zero-order chi connectivity index (χ0) is 14.7. The van der Waals surface area contributed by atoms with Gasteiger partial charge in [0.2, 0.25) is 5.91 Å². The lowest BCUT2D eigenvalue weighted by Crippen LogP contribution is -2.46. The Hall–Kier alpha value is -1.43. The quantitative estimate of drug-likeness (QED) is 0.896. The third kappa shape index (κ3) is 3.56. The highest BCUT2D eigenvalue weighted by Crippen LogP contribution is 2.21. The Morgan fingerprint density at radius 1 is 1.35 bits per heavy atom. The molecule has 6 heteroatoms. The van der Waals surface area contributed by atoms with Crippen molar-refractivity contribution in [1.82, 2.24) is 10.2 Å². The summed E-state index contributed by atoms with van der Waals surface area (Å²) in [6.07, 6.45) is 1.44. The molecule has 1 aliphatic heterocycles. The maximum Gasteiger partial charge on any atom is 0.255 e. The summed E-state index contributed by atoms with van der Waals surface area (Å²) in [6.45, 7) is 2.61. The van der Waals surface area contributed by atoms with E-state index in [-0.39, 0.29) is 17.9 Å². The van der Waals surface area contributed by atoms with E-state index in [2.05, 4.69) is 21.2 Å². The maximum absolute atomic E-state index is 13.2. The summed E-state index contributed by atoms with van der Waals surface area (Å²) in [5, 5.41) is 2.86. The Balaban J connectivity index is 2.01. The van der Waals surface area contributed by atoms with Crippen LogP contribution in [0, 0.1) is 5.82 Å². The monoisotopic (exact) mass is 342 g/mol. The van der Waals surface area contributed by atoms with Gasteiger partial charge in [-0.2, -0.15) is 0 Å². The third-order valence-electron chi connectivity index (χ3n) is 3.35. The Morgan fingerprint density at radius 3 is 2.60 bits per heavy atom. The van der Waals surface area contributed by atoms with Gasteiger partial charge in [-0.15, -0.1) is 0 Å². The number of benzene rings is 1. The highest BCUT2D eigenvalue weighted by molar-refractivity contribution is 9.10. The normalized spacial score (nSPS) is 16.1. The SMILES string of the molecule is CC(=O)NC1CCN(C(=O)c2cc(F)ccc2Br)CC1. The summed E-state index contributed by atoms with van der Waals surface area (Å²) in [6, 6.07) is 4.20. The molecule has 1 aliphatic rings. The van der Waals surface area contributed by atoms with Gasteiger partial charge in [0.05, 0.1) is 5.56 Å². The van der Waals surface area contributed by atoms with Crippen LogP contribution in [0.3, 0.4) is 0 Å². The fourth-order valence-electron chi connectivity index (χ4n) is 2.35. The van der Waals surface area contributed by atoms with Gasteiger partial charge in [-0.1, -0.05) is 0 Å². The van der Waals surface area contributed by atoms with Gasteiger partial charge in [-0.05, 0) is 47.0 Å². The average molecular weight is 343 g/mol. The Bertz CT molecular complexity index is 528. The second-order valence-electron chi connectivity index (χ2n) is 4.89. The molecule has 20 heavy (non-hydrogen) atoms. The lowest BCUT2D eigenvalue weighted by molar-refractivity contribution is -0.119. The first-order valence-electron chi connectivity index (χ1n) is 6.49. The lowest BCUT2D eigenvalue weighted by atomic mass is 10.0. The largest absolute Gasteiger partial charge is 0.353 e. The number of carbonyl (C=O) groups excluding carboxylic acids is 2. The summed E-state index contributed by atoms with van der Waals surface area (Å²) in [5.41, 5.74) is 0.336. The average Bonchev–Trinajstić information content (AvgIpc) is 2.41. The van der Waals surface area contributed by atoms with Crippen LogP contribution in [0.1, 0.15) is 30.1 Å². The van der Waals surface area contributed by atoms with Gasteiger partial charge < -0.3 is 10.2 Å². The molecule has 0 spiro atoms. The van der Waals surface area contributed by atoms with E-state index in [9.17, 15) is 14.0 Å². The van der Waals surface area contributed by atoms with Crippen LogP contribution in [0.2, 0.25) is 0 Å². The van der Waals surface area contributed by atoms with Crippen molar-refractivity contribution in [2.75, 3.05) is 13.1 Å². The van der Waals surface area contributed by atoms with Crippen molar-refractivity contribution in [1.29, 1.82) is 0 Å². The van der Waals surface area contributed by atoms with Crippen LogP contribution < -0.4 is 5.32 Å².